The molecule has 1 aromatic carbocycles. The molecule has 30 heavy (non-hydrogen) atoms. The maximum Gasteiger partial charge on any atom is 0.123 e. The molecule has 0 aliphatic heterocycles. The van der Waals surface area contributed by atoms with Crippen LogP contribution in [0.2, 0.25) is 0 Å². The van der Waals surface area contributed by atoms with Gasteiger partial charge in [-0.1, -0.05) is 76.3 Å². The number of benzene rings is 1. The Labute approximate surface area is 181 Å². The third-order valence-corrected chi connectivity index (χ3v) is 6.18. The Kier molecular flexibility index (Phi) is 8.12. The standard InChI is InChI=1S/C27H35NO2/c1-3-5-6-7-8-11-20-30-24-13-14-25(26(29)21-24)27(23-15-18-28-19-16-23)17-10-9-12-22(27)4-2/h9-10,12-19,21-22,29H,3-8,11,20H2,1-2H3. The van der Waals surface area contributed by atoms with E-state index in [0.717, 1.165) is 29.7 Å². The van der Waals surface area contributed by atoms with Gasteiger partial charge in [-0.2, -0.15) is 0 Å². The smallest absolute Gasteiger partial charge is 0.123 e. The molecule has 0 fully saturated rings. The molecule has 0 bridgehead atoms. The molecule has 1 aliphatic carbocycles. The summed E-state index contributed by atoms with van der Waals surface area (Å²) in [4.78, 5) is 4.19. The highest BCUT2D eigenvalue weighted by Crippen LogP contribution is 2.48. The van der Waals surface area contributed by atoms with Gasteiger partial charge in [0.2, 0.25) is 0 Å². The number of phenolic OH excluding ortho intramolecular Hbond substituents is 1. The number of hydrogen-bond acceptors (Lipinski definition) is 3. The number of aromatic nitrogens is 1. The van der Waals surface area contributed by atoms with Crippen LogP contribution in [0.5, 0.6) is 11.5 Å². The lowest BCUT2D eigenvalue weighted by Gasteiger charge is -2.40. The van der Waals surface area contributed by atoms with Gasteiger partial charge < -0.3 is 9.84 Å². The van der Waals surface area contributed by atoms with E-state index in [9.17, 15) is 5.11 Å². The lowest BCUT2D eigenvalue weighted by molar-refractivity contribution is 0.302. The lowest BCUT2D eigenvalue weighted by Crippen LogP contribution is -2.34. The van der Waals surface area contributed by atoms with E-state index in [4.69, 9.17) is 4.74 Å². The van der Waals surface area contributed by atoms with Crippen LogP contribution in [-0.4, -0.2) is 16.7 Å². The van der Waals surface area contributed by atoms with E-state index in [2.05, 4.69) is 55.3 Å². The zero-order valence-electron chi connectivity index (χ0n) is 18.4. The highest BCUT2D eigenvalue weighted by Gasteiger charge is 2.40. The van der Waals surface area contributed by atoms with E-state index < -0.39 is 5.41 Å². The highest BCUT2D eigenvalue weighted by atomic mass is 16.5. The molecule has 1 N–H and O–H groups in total. The summed E-state index contributed by atoms with van der Waals surface area (Å²) in [6, 6.07) is 9.89. The minimum Gasteiger partial charge on any atom is -0.507 e. The fourth-order valence-electron chi connectivity index (χ4n) is 4.55. The molecular formula is C27H35NO2. The second-order valence-corrected chi connectivity index (χ2v) is 8.16. The van der Waals surface area contributed by atoms with Gasteiger partial charge in [0.15, 0.2) is 0 Å². The molecule has 0 spiro atoms. The van der Waals surface area contributed by atoms with Crippen molar-refractivity contribution in [2.75, 3.05) is 6.61 Å². The van der Waals surface area contributed by atoms with Crippen molar-refractivity contribution < 1.29 is 9.84 Å². The Hall–Kier alpha value is -2.55. The third-order valence-electron chi connectivity index (χ3n) is 6.18. The molecule has 2 unspecified atom stereocenters. The third kappa shape index (κ3) is 4.95. The van der Waals surface area contributed by atoms with Crippen LogP contribution >= 0.6 is 0 Å². The number of phenols is 1. The first-order chi connectivity index (χ1) is 14.7. The number of nitrogens with zero attached hydrogens (tertiary/aromatic N) is 1. The lowest BCUT2D eigenvalue weighted by atomic mass is 9.63. The van der Waals surface area contributed by atoms with Crippen molar-refractivity contribution in [2.24, 2.45) is 5.92 Å². The Morgan fingerprint density at radius 1 is 0.967 bits per heavy atom. The molecule has 2 aromatic rings. The maximum atomic E-state index is 11.0. The van der Waals surface area contributed by atoms with Crippen LogP contribution in [0.1, 0.15) is 69.9 Å². The topological polar surface area (TPSA) is 42.4 Å². The second kappa shape index (κ2) is 11.0. The minimum absolute atomic E-state index is 0.255. The maximum absolute atomic E-state index is 11.0. The van der Waals surface area contributed by atoms with Crippen molar-refractivity contribution in [3.05, 3.63) is 78.2 Å². The van der Waals surface area contributed by atoms with Crippen LogP contribution in [0.3, 0.4) is 0 Å². The number of ether oxygens (including phenoxy) is 1. The summed E-state index contributed by atoms with van der Waals surface area (Å²) in [5.74, 6) is 1.27. The molecule has 3 nitrogen and oxygen atoms in total. The first-order valence-electron chi connectivity index (χ1n) is 11.4. The largest absolute Gasteiger partial charge is 0.507 e. The van der Waals surface area contributed by atoms with Crippen molar-refractivity contribution in [2.45, 2.75) is 64.2 Å². The summed E-state index contributed by atoms with van der Waals surface area (Å²) in [6.45, 7) is 5.12. The van der Waals surface area contributed by atoms with Gasteiger partial charge in [-0.15, -0.1) is 0 Å². The van der Waals surface area contributed by atoms with Gasteiger partial charge in [0, 0.05) is 29.4 Å². The van der Waals surface area contributed by atoms with Gasteiger partial charge in [0.25, 0.3) is 0 Å². The first-order valence-corrected chi connectivity index (χ1v) is 11.4. The molecule has 3 rings (SSSR count). The predicted octanol–water partition coefficient (Wildman–Crippen LogP) is 6.96. The van der Waals surface area contributed by atoms with Crippen molar-refractivity contribution in [3.63, 3.8) is 0 Å². The van der Waals surface area contributed by atoms with E-state index in [0.29, 0.717) is 6.61 Å². The van der Waals surface area contributed by atoms with Crippen LogP contribution in [0.4, 0.5) is 0 Å². The number of pyridine rings is 1. The zero-order valence-corrected chi connectivity index (χ0v) is 18.4. The molecular weight excluding hydrogens is 370 g/mol. The number of rotatable bonds is 11. The normalized spacial score (nSPS) is 20.4. The van der Waals surface area contributed by atoms with Crippen molar-refractivity contribution in [1.82, 2.24) is 4.98 Å². The van der Waals surface area contributed by atoms with E-state index in [-0.39, 0.29) is 11.7 Å². The van der Waals surface area contributed by atoms with Crippen LogP contribution < -0.4 is 4.74 Å². The van der Waals surface area contributed by atoms with Gasteiger partial charge in [0.1, 0.15) is 11.5 Å². The molecule has 3 heteroatoms. The first kappa shape index (κ1) is 22.1. The average Bonchev–Trinajstić information content (AvgIpc) is 2.79. The summed E-state index contributed by atoms with van der Waals surface area (Å²) in [6.07, 6.45) is 20.7. The Morgan fingerprint density at radius 3 is 2.47 bits per heavy atom. The molecule has 160 valence electrons. The molecule has 1 heterocycles. The highest BCUT2D eigenvalue weighted by molar-refractivity contribution is 5.55. The molecule has 0 saturated carbocycles. The van der Waals surface area contributed by atoms with Crippen molar-refractivity contribution in [3.8, 4) is 11.5 Å². The SMILES string of the molecule is CCCCCCCCOc1ccc(C2(c3ccncc3)C=CC=CC2CC)c(O)c1. The van der Waals surface area contributed by atoms with Gasteiger partial charge in [0.05, 0.1) is 6.61 Å². The van der Waals surface area contributed by atoms with Crippen molar-refractivity contribution in [1.29, 1.82) is 0 Å². The van der Waals surface area contributed by atoms with Gasteiger partial charge in [-0.05, 0) is 42.5 Å². The summed E-state index contributed by atoms with van der Waals surface area (Å²) >= 11 is 0. The number of allylic oxidation sites excluding steroid dienone is 4. The fourth-order valence-corrected chi connectivity index (χ4v) is 4.55. The van der Waals surface area contributed by atoms with E-state index in [1.807, 2.05) is 24.5 Å². The minimum atomic E-state index is -0.408. The Balaban J connectivity index is 1.78. The monoisotopic (exact) mass is 405 g/mol. The van der Waals surface area contributed by atoms with E-state index in [1.165, 1.54) is 32.1 Å². The molecule has 0 amide bonds. The molecule has 0 radical (unpaired) electrons. The van der Waals surface area contributed by atoms with Crippen molar-refractivity contribution >= 4 is 0 Å². The van der Waals surface area contributed by atoms with Crippen LogP contribution in [0.15, 0.2) is 67.0 Å². The zero-order chi connectivity index (χ0) is 21.2. The quantitative estimate of drug-likeness (QED) is 0.411. The molecule has 1 aromatic heterocycles. The van der Waals surface area contributed by atoms with Crippen LogP contribution in [0, 0.1) is 5.92 Å². The summed E-state index contributed by atoms with van der Waals surface area (Å²) < 4.78 is 5.93. The second-order valence-electron chi connectivity index (χ2n) is 8.16. The van der Waals surface area contributed by atoms with Gasteiger partial charge in [-0.25, -0.2) is 0 Å². The molecule has 0 saturated heterocycles. The number of hydrogen-bond donors (Lipinski definition) is 1. The number of aromatic hydroxyl groups is 1. The van der Waals surface area contributed by atoms with Gasteiger partial charge >= 0.3 is 0 Å². The summed E-state index contributed by atoms with van der Waals surface area (Å²) in [5.41, 5.74) is 1.64. The van der Waals surface area contributed by atoms with Crippen LogP contribution in [0.25, 0.3) is 0 Å². The summed E-state index contributed by atoms with van der Waals surface area (Å²) in [7, 11) is 0. The van der Waals surface area contributed by atoms with Crippen LogP contribution in [-0.2, 0) is 5.41 Å². The fraction of sp³-hybridized carbons (Fsp3) is 0.444. The Morgan fingerprint density at radius 2 is 1.73 bits per heavy atom. The molecule has 1 aliphatic rings. The number of unbranched alkanes of at least 4 members (excludes halogenated alkanes) is 5. The molecule has 2 atom stereocenters. The van der Waals surface area contributed by atoms with Gasteiger partial charge in [-0.3, -0.25) is 4.98 Å². The average molecular weight is 406 g/mol. The predicted molar refractivity (Wildman–Crippen MR) is 124 cm³/mol. The Bertz CT molecular complexity index is 843. The van der Waals surface area contributed by atoms with E-state index >= 15 is 0 Å². The summed E-state index contributed by atoms with van der Waals surface area (Å²) in [5, 5.41) is 11.0. The van der Waals surface area contributed by atoms with E-state index in [1.54, 1.807) is 6.07 Å².